The molecule has 33 heavy (non-hydrogen) atoms. The molecule has 1 aliphatic heterocycles. The van der Waals surface area contributed by atoms with E-state index in [2.05, 4.69) is 10.4 Å². The molecule has 1 aromatic carbocycles. The molecule has 2 aromatic rings. The molecule has 0 spiro atoms. The van der Waals surface area contributed by atoms with Crippen molar-refractivity contribution < 1.29 is 18.0 Å². The molecule has 2 unspecified atom stereocenters. The third-order valence-electron chi connectivity index (χ3n) is 8.96. The number of fused-ring (bicyclic) bond motifs is 1. The largest absolute Gasteiger partial charge is 0.413 e. The molecule has 7 heteroatoms. The maximum Gasteiger partial charge on any atom is 0.413 e. The summed E-state index contributed by atoms with van der Waals surface area (Å²) in [6.07, 6.45) is 4.26. The predicted octanol–water partition coefficient (Wildman–Crippen LogP) is 6.51. The van der Waals surface area contributed by atoms with Crippen molar-refractivity contribution in [1.82, 2.24) is 9.78 Å². The predicted molar refractivity (Wildman–Crippen MR) is 119 cm³/mol. The molecule has 1 N–H and O–H groups in total. The molecule has 2 heterocycles. The zero-order valence-corrected chi connectivity index (χ0v) is 18.9. The molecule has 176 valence electrons. The number of carbonyl (C=O) groups is 1. The van der Waals surface area contributed by atoms with Gasteiger partial charge in [0.2, 0.25) is 0 Å². The quantitative estimate of drug-likeness (QED) is 0.533. The number of hydrogen-bond donors (Lipinski definition) is 1. The Balaban J connectivity index is 1.34. The average molecular weight is 458 g/mol. The number of nitrogens with zero attached hydrogens (tertiary/aromatic N) is 2. The van der Waals surface area contributed by atoms with Gasteiger partial charge in [-0.25, -0.2) is 4.68 Å². The molecule has 7 rings (SSSR count). The van der Waals surface area contributed by atoms with Crippen LogP contribution in [0.3, 0.4) is 0 Å². The van der Waals surface area contributed by atoms with E-state index in [4.69, 9.17) is 0 Å². The lowest BCUT2D eigenvalue weighted by atomic mass is 9.48. The lowest BCUT2D eigenvalue weighted by Crippen LogP contribution is -2.50. The van der Waals surface area contributed by atoms with Gasteiger partial charge in [-0.2, -0.15) is 18.3 Å². The van der Waals surface area contributed by atoms with E-state index in [0.717, 1.165) is 47.3 Å². The van der Waals surface area contributed by atoms with Gasteiger partial charge >= 0.3 is 6.18 Å². The molecular weight excluding hydrogens is 427 g/mol. The zero-order valence-electron chi connectivity index (χ0n) is 18.9. The maximum atomic E-state index is 14.3. The molecule has 4 bridgehead atoms. The van der Waals surface area contributed by atoms with Crippen LogP contribution in [0.4, 0.5) is 19.0 Å². The molecule has 0 radical (unpaired) electrons. The highest BCUT2D eigenvalue weighted by Crippen LogP contribution is 2.61. The Morgan fingerprint density at radius 3 is 2.24 bits per heavy atom. The number of benzene rings is 1. The summed E-state index contributed by atoms with van der Waals surface area (Å²) in [4.78, 5) is 13.6. The number of hydrogen-bond acceptors (Lipinski definition) is 3. The fourth-order valence-corrected chi connectivity index (χ4v) is 7.83. The fraction of sp³-hybridized carbons (Fsp3) is 0.615. The first-order valence-electron chi connectivity index (χ1n) is 12.2. The second kappa shape index (κ2) is 7.09. The van der Waals surface area contributed by atoms with Crippen LogP contribution in [0, 0.1) is 23.2 Å². The average Bonchev–Trinajstić information content (AvgIpc) is 3.17. The van der Waals surface area contributed by atoms with Crippen LogP contribution in [0.5, 0.6) is 0 Å². The van der Waals surface area contributed by atoms with Gasteiger partial charge in [0.15, 0.2) is 11.3 Å². The van der Waals surface area contributed by atoms with Gasteiger partial charge in [-0.1, -0.05) is 30.3 Å². The van der Waals surface area contributed by atoms with E-state index >= 15 is 0 Å². The second-order valence-electron chi connectivity index (χ2n) is 11.4. The number of halogens is 3. The summed E-state index contributed by atoms with van der Waals surface area (Å²) < 4.78 is 44.0. The van der Waals surface area contributed by atoms with Gasteiger partial charge in [0, 0.05) is 12.8 Å². The minimum Gasteiger partial charge on any atom is -0.363 e. The Kier molecular flexibility index (Phi) is 4.57. The molecule has 1 aromatic heterocycles. The highest BCUT2D eigenvalue weighted by Gasteiger charge is 2.58. The Morgan fingerprint density at radius 1 is 1.06 bits per heavy atom. The number of carbonyl (C=O) groups excluding carboxylic acids is 1. The van der Waals surface area contributed by atoms with Gasteiger partial charge in [-0.3, -0.25) is 4.79 Å². The second-order valence-corrected chi connectivity index (χ2v) is 11.4. The molecule has 0 saturated heterocycles. The lowest BCUT2D eigenvalue weighted by molar-refractivity contribution is -0.216. The van der Waals surface area contributed by atoms with Crippen molar-refractivity contribution in [2.75, 3.05) is 5.32 Å². The van der Waals surface area contributed by atoms with Crippen LogP contribution >= 0.6 is 0 Å². The van der Waals surface area contributed by atoms with Gasteiger partial charge in [0.05, 0.1) is 17.8 Å². The van der Waals surface area contributed by atoms with E-state index in [1.807, 2.05) is 30.3 Å². The maximum absolute atomic E-state index is 14.3. The highest BCUT2D eigenvalue weighted by molar-refractivity contribution is 6.01. The molecule has 4 aliphatic carbocycles. The molecule has 2 atom stereocenters. The molecule has 4 nitrogen and oxygen atoms in total. The van der Waals surface area contributed by atoms with Crippen molar-refractivity contribution in [2.45, 2.75) is 76.0 Å². The summed E-state index contributed by atoms with van der Waals surface area (Å²) in [6.45, 7) is 1.19. The van der Waals surface area contributed by atoms with Crippen LogP contribution in [0.1, 0.15) is 80.3 Å². The third-order valence-corrected chi connectivity index (χ3v) is 8.96. The van der Waals surface area contributed by atoms with Gasteiger partial charge in [-0.05, 0) is 74.2 Å². The topological polar surface area (TPSA) is 46.9 Å². The summed E-state index contributed by atoms with van der Waals surface area (Å²) in [6, 6.07) is 8.61. The molecule has 5 aliphatic rings. The first-order chi connectivity index (χ1) is 15.7. The number of nitrogens with one attached hydrogen (secondary N) is 1. The van der Waals surface area contributed by atoms with E-state index in [9.17, 15) is 18.0 Å². The number of Topliss-reactive ketones (excluding diaryl/α,β-unsaturated/α-hetero) is 1. The van der Waals surface area contributed by atoms with Gasteiger partial charge in [-0.15, -0.1) is 0 Å². The smallest absolute Gasteiger partial charge is 0.363 e. The number of anilines is 1. The van der Waals surface area contributed by atoms with Gasteiger partial charge in [0.25, 0.3) is 0 Å². The van der Waals surface area contributed by atoms with Crippen LogP contribution in [-0.4, -0.2) is 21.7 Å². The standard InChI is InChI=1S/C26H30F3N3O/c1-24(26(27,28)29)13-21(19-5-3-2-4-6-19)31-23-20(15-30-32(23)24)22(33)14-25-10-16-7-17(11-25)9-18(8-16)12-25/h2-6,15-18,21,31H,7-14H2,1H3. The zero-order chi connectivity index (χ0) is 23.0. The normalized spacial score (nSPS) is 37.0. The minimum absolute atomic E-state index is 0.0292. The van der Waals surface area contributed by atoms with E-state index in [-0.39, 0.29) is 23.4 Å². The van der Waals surface area contributed by atoms with Crippen LogP contribution in [0.15, 0.2) is 36.5 Å². The first-order valence-corrected chi connectivity index (χ1v) is 12.2. The number of aromatic nitrogens is 2. The van der Waals surface area contributed by atoms with E-state index in [1.54, 1.807) is 0 Å². The van der Waals surface area contributed by atoms with Gasteiger partial charge < -0.3 is 5.32 Å². The number of ketones is 1. The number of alkyl halides is 3. The van der Waals surface area contributed by atoms with Crippen molar-refractivity contribution in [1.29, 1.82) is 0 Å². The molecule has 4 saturated carbocycles. The molecule has 4 fully saturated rings. The molecular formula is C26H30F3N3O. The lowest BCUT2D eigenvalue weighted by Gasteiger charge is -2.56. The van der Waals surface area contributed by atoms with Crippen LogP contribution < -0.4 is 5.32 Å². The Labute approximate surface area is 191 Å². The van der Waals surface area contributed by atoms with Crippen molar-refractivity contribution >= 4 is 11.6 Å². The minimum atomic E-state index is -4.50. The number of rotatable bonds is 4. The van der Waals surface area contributed by atoms with Crippen molar-refractivity contribution in [3.05, 3.63) is 47.7 Å². The SMILES string of the molecule is CC1(C(F)(F)F)CC(c2ccccc2)Nc2c(C(=O)CC34CC5CC(CC(C5)C3)C4)cnn21. The summed E-state index contributed by atoms with van der Waals surface area (Å²) in [5, 5.41) is 7.39. The summed E-state index contributed by atoms with van der Waals surface area (Å²) in [7, 11) is 0. The summed E-state index contributed by atoms with van der Waals surface area (Å²) in [5.41, 5.74) is -1.07. The van der Waals surface area contributed by atoms with Crippen LogP contribution in [-0.2, 0) is 5.54 Å². The Bertz CT molecular complexity index is 1040. The van der Waals surface area contributed by atoms with Crippen LogP contribution in [0.25, 0.3) is 0 Å². The summed E-state index contributed by atoms with van der Waals surface area (Å²) >= 11 is 0. The molecule has 0 amide bonds. The first kappa shape index (κ1) is 21.2. The summed E-state index contributed by atoms with van der Waals surface area (Å²) in [5.74, 6) is 2.31. The van der Waals surface area contributed by atoms with Crippen molar-refractivity contribution in [2.24, 2.45) is 23.2 Å². The van der Waals surface area contributed by atoms with Crippen molar-refractivity contribution in [3.63, 3.8) is 0 Å². The monoisotopic (exact) mass is 457 g/mol. The van der Waals surface area contributed by atoms with Gasteiger partial charge in [0.1, 0.15) is 5.82 Å². The Hall–Kier alpha value is -2.31. The van der Waals surface area contributed by atoms with E-state index in [0.29, 0.717) is 12.0 Å². The van der Waals surface area contributed by atoms with E-state index in [1.165, 1.54) is 32.4 Å². The highest BCUT2D eigenvalue weighted by atomic mass is 19.4. The van der Waals surface area contributed by atoms with Crippen molar-refractivity contribution in [3.8, 4) is 0 Å². The Morgan fingerprint density at radius 2 is 1.67 bits per heavy atom. The van der Waals surface area contributed by atoms with Crippen LogP contribution in [0.2, 0.25) is 0 Å². The van der Waals surface area contributed by atoms with E-state index < -0.39 is 17.8 Å². The third kappa shape index (κ3) is 3.33. The fourth-order valence-electron chi connectivity index (χ4n) is 7.83.